The number of hydrogen-bond acceptors (Lipinski definition) is 4. The Morgan fingerprint density at radius 1 is 1.03 bits per heavy atom. The second-order valence-electron chi connectivity index (χ2n) is 8.49. The van der Waals surface area contributed by atoms with Crippen LogP contribution >= 0.6 is 12.2 Å². The average Bonchev–Trinajstić information content (AvgIpc) is 3.20. The summed E-state index contributed by atoms with van der Waals surface area (Å²) in [7, 11) is 0. The van der Waals surface area contributed by atoms with Gasteiger partial charge in [-0.05, 0) is 50.7 Å². The first-order valence-electron chi connectivity index (χ1n) is 9.68. The number of nitrogens with zero attached hydrogens (tertiary/aromatic N) is 1. The molecule has 3 aliphatic rings. The molecule has 31 heavy (non-hydrogen) atoms. The maximum Gasteiger partial charge on any atom is 0.416 e. The van der Waals surface area contributed by atoms with Crippen molar-refractivity contribution in [3.05, 3.63) is 29.3 Å². The zero-order valence-corrected chi connectivity index (χ0v) is 17.4. The van der Waals surface area contributed by atoms with Crippen molar-refractivity contribution in [2.24, 2.45) is 0 Å². The van der Waals surface area contributed by atoms with Gasteiger partial charge in [0.1, 0.15) is 12.2 Å². The lowest BCUT2D eigenvalue weighted by molar-refractivity contribution is -0.159. The molecular weight excluding hydrogens is 448 g/mol. The van der Waals surface area contributed by atoms with Crippen molar-refractivity contribution in [2.45, 2.75) is 62.7 Å². The molecule has 4 rings (SSSR count). The topological polar surface area (TPSA) is 45.8 Å². The molecule has 0 amide bonds. The summed E-state index contributed by atoms with van der Waals surface area (Å²) in [6.07, 6.45) is -9.27. The largest absolute Gasteiger partial charge is 0.416 e. The van der Waals surface area contributed by atoms with Crippen molar-refractivity contribution in [2.75, 3.05) is 18.4 Å². The van der Waals surface area contributed by atoms with Crippen LogP contribution in [0.15, 0.2) is 18.2 Å². The summed E-state index contributed by atoms with van der Waals surface area (Å²) in [5.41, 5.74) is -3.19. The number of benzene rings is 1. The van der Waals surface area contributed by atoms with Gasteiger partial charge in [-0.1, -0.05) is 0 Å². The maximum absolute atomic E-state index is 13.0. The summed E-state index contributed by atoms with van der Waals surface area (Å²) in [4.78, 5) is 2.19. The number of ether oxygens (including phenoxy) is 2. The van der Waals surface area contributed by atoms with Gasteiger partial charge in [0.15, 0.2) is 10.9 Å². The van der Waals surface area contributed by atoms with Crippen molar-refractivity contribution < 1.29 is 35.8 Å². The first-order valence-corrected chi connectivity index (χ1v) is 10.1. The molecule has 2 N–H and O–H groups in total. The van der Waals surface area contributed by atoms with Gasteiger partial charge in [-0.3, -0.25) is 4.90 Å². The van der Waals surface area contributed by atoms with Gasteiger partial charge in [-0.15, -0.1) is 0 Å². The van der Waals surface area contributed by atoms with E-state index in [0.717, 1.165) is 0 Å². The Morgan fingerprint density at radius 2 is 1.65 bits per heavy atom. The highest BCUT2D eigenvalue weighted by molar-refractivity contribution is 7.80. The van der Waals surface area contributed by atoms with Gasteiger partial charge >= 0.3 is 12.4 Å². The smallest absolute Gasteiger partial charge is 0.358 e. The lowest BCUT2D eigenvalue weighted by atomic mass is 10.1. The monoisotopic (exact) mass is 469 g/mol. The van der Waals surface area contributed by atoms with Crippen LogP contribution in [0, 0.1) is 0 Å². The van der Waals surface area contributed by atoms with E-state index in [-0.39, 0.29) is 41.2 Å². The molecule has 4 atom stereocenters. The molecule has 5 nitrogen and oxygen atoms in total. The van der Waals surface area contributed by atoms with E-state index in [9.17, 15) is 26.3 Å². The fraction of sp³-hybridized carbons (Fsp3) is 0.632. The van der Waals surface area contributed by atoms with Gasteiger partial charge in [0, 0.05) is 30.9 Å². The van der Waals surface area contributed by atoms with Crippen LogP contribution in [0.3, 0.4) is 0 Å². The molecule has 172 valence electrons. The number of fused-ring (bicyclic) bond motifs is 3. The third-order valence-electron chi connectivity index (χ3n) is 5.65. The van der Waals surface area contributed by atoms with E-state index in [4.69, 9.17) is 21.7 Å². The van der Waals surface area contributed by atoms with Crippen LogP contribution in [-0.2, 0) is 21.8 Å². The number of nitrogens with one attached hydrogen (secondary N) is 2. The minimum absolute atomic E-state index is 0.0167. The number of thiocarbonyl (C=S) groups is 1. The Kier molecular flexibility index (Phi) is 5.43. The van der Waals surface area contributed by atoms with Crippen LogP contribution in [0.2, 0.25) is 0 Å². The van der Waals surface area contributed by atoms with Gasteiger partial charge in [0.05, 0.1) is 11.1 Å². The number of rotatable bonds is 2. The van der Waals surface area contributed by atoms with E-state index in [0.29, 0.717) is 31.6 Å². The predicted octanol–water partition coefficient (Wildman–Crippen LogP) is 3.99. The fourth-order valence-corrected chi connectivity index (χ4v) is 4.82. The van der Waals surface area contributed by atoms with Crippen LogP contribution in [0.4, 0.5) is 32.0 Å². The third kappa shape index (κ3) is 4.76. The second-order valence-corrected chi connectivity index (χ2v) is 8.89. The van der Waals surface area contributed by atoms with Gasteiger partial charge < -0.3 is 20.1 Å². The van der Waals surface area contributed by atoms with Crippen molar-refractivity contribution in [1.29, 1.82) is 0 Å². The van der Waals surface area contributed by atoms with Gasteiger partial charge in [-0.2, -0.15) is 26.3 Å². The van der Waals surface area contributed by atoms with Crippen molar-refractivity contribution in [3.63, 3.8) is 0 Å². The SMILES string of the molecule is CC1(C)O[C@@H]2[C@@H](CN3C[C@H](NC(=S)Nc4cc(C(F)(F)F)cc(C(F)(F)F)c4)C[C@@H]23)O1. The van der Waals surface area contributed by atoms with Gasteiger partial charge in [-0.25, -0.2) is 0 Å². The molecule has 1 aromatic rings. The third-order valence-corrected chi connectivity index (χ3v) is 5.87. The molecule has 0 saturated carbocycles. The Hall–Kier alpha value is -1.63. The molecule has 0 bridgehead atoms. The molecular formula is C19H21F6N3O2S. The van der Waals surface area contributed by atoms with Gasteiger partial charge in [0.25, 0.3) is 0 Å². The number of alkyl halides is 6. The fourth-order valence-electron chi connectivity index (χ4n) is 4.53. The Labute approximate surface area is 180 Å². The van der Waals surface area contributed by atoms with Crippen molar-refractivity contribution in [1.82, 2.24) is 10.2 Å². The standard InChI is InChI=1S/C19H21F6N3O2S/c1-17(2)29-14-8-28-7-12(6-13(28)15(14)30-17)27-16(31)26-11-4-9(18(20,21)22)3-10(5-11)19(23,24)25/h3-5,12-15H,6-8H2,1-2H3,(H2,26,27,31)/t12-,13+,14-,15+/m1/s1. The lowest BCUT2D eigenvalue weighted by Gasteiger charge is -2.23. The normalized spacial score (nSPS) is 30.2. The number of hydrogen-bond donors (Lipinski definition) is 2. The molecule has 0 spiro atoms. The van der Waals surface area contributed by atoms with E-state index < -0.39 is 29.3 Å². The summed E-state index contributed by atoms with van der Waals surface area (Å²) < 4.78 is 90.0. The summed E-state index contributed by atoms with van der Waals surface area (Å²) >= 11 is 5.15. The van der Waals surface area contributed by atoms with Crippen LogP contribution in [-0.4, -0.2) is 53.2 Å². The number of anilines is 1. The van der Waals surface area contributed by atoms with Gasteiger partial charge in [0.2, 0.25) is 0 Å². The molecule has 3 saturated heterocycles. The molecule has 3 aliphatic heterocycles. The van der Waals surface area contributed by atoms with E-state index in [1.807, 2.05) is 13.8 Å². The molecule has 0 radical (unpaired) electrons. The minimum atomic E-state index is -4.92. The Bertz CT molecular complexity index is 843. The summed E-state index contributed by atoms with van der Waals surface area (Å²) in [5.74, 6) is -0.649. The molecule has 12 heteroatoms. The summed E-state index contributed by atoms with van der Waals surface area (Å²) in [6, 6.07) is 1.27. The zero-order valence-electron chi connectivity index (χ0n) is 16.6. The molecule has 0 unspecified atom stereocenters. The Morgan fingerprint density at radius 3 is 2.23 bits per heavy atom. The van der Waals surface area contributed by atoms with Crippen molar-refractivity contribution >= 4 is 23.0 Å². The van der Waals surface area contributed by atoms with E-state index >= 15 is 0 Å². The van der Waals surface area contributed by atoms with Crippen LogP contribution in [0.25, 0.3) is 0 Å². The lowest BCUT2D eigenvalue weighted by Crippen LogP contribution is -2.40. The zero-order chi connectivity index (χ0) is 22.8. The van der Waals surface area contributed by atoms with E-state index in [1.165, 1.54) is 0 Å². The first kappa shape index (κ1) is 22.6. The molecule has 1 aromatic carbocycles. The highest BCUT2D eigenvalue weighted by atomic mass is 32.1. The molecule has 3 heterocycles. The van der Waals surface area contributed by atoms with Crippen LogP contribution in [0.5, 0.6) is 0 Å². The minimum Gasteiger partial charge on any atom is -0.358 e. The number of halogens is 6. The van der Waals surface area contributed by atoms with Crippen LogP contribution < -0.4 is 10.6 Å². The Balaban J connectivity index is 1.41. The second kappa shape index (κ2) is 7.46. The van der Waals surface area contributed by atoms with Crippen molar-refractivity contribution in [3.8, 4) is 0 Å². The molecule has 3 fully saturated rings. The van der Waals surface area contributed by atoms with E-state index in [1.54, 1.807) is 0 Å². The molecule has 0 aromatic heterocycles. The first-order chi connectivity index (χ1) is 14.2. The highest BCUT2D eigenvalue weighted by Crippen LogP contribution is 2.41. The summed E-state index contributed by atoms with van der Waals surface area (Å²) in [6.45, 7) is 5.01. The summed E-state index contributed by atoms with van der Waals surface area (Å²) in [5, 5.41) is 5.42. The maximum atomic E-state index is 13.0. The van der Waals surface area contributed by atoms with E-state index in [2.05, 4.69) is 15.5 Å². The van der Waals surface area contributed by atoms with Crippen LogP contribution in [0.1, 0.15) is 31.4 Å². The highest BCUT2D eigenvalue weighted by Gasteiger charge is 2.55. The molecule has 0 aliphatic carbocycles. The predicted molar refractivity (Wildman–Crippen MR) is 103 cm³/mol. The quantitative estimate of drug-likeness (QED) is 0.505. The average molecular weight is 469 g/mol.